The molecule has 0 saturated carbocycles. The molecule has 0 aliphatic carbocycles. The third-order valence-corrected chi connectivity index (χ3v) is 4.02. The largest absolute Gasteiger partial charge is 0.451 e. The van der Waals surface area contributed by atoms with Crippen molar-refractivity contribution in [2.45, 2.75) is 19.8 Å². The molecule has 0 spiro atoms. The van der Waals surface area contributed by atoms with E-state index >= 15 is 0 Å². The summed E-state index contributed by atoms with van der Waals surface area (Å²) in [5.41, 5.74) is 1.23. The fraction of sp³-hybridized carbons (Fsp3) is 0.214. The number of ketones is 1. The van der Waals surface area contributed by atoms with Crippen molar-refractivity contribution in [3.05, 3.63) is 45.6 Å². The molecule has 0 bridgehead atoms. The monoisotopic (exact) mass is 306 g/mol. The molecule has 6 heteroatoms. The van der Waals surface area contributed by atoms with Gasteiger partial charge in [0.2, 0.25) is 5.78 Å². The number of rotatable bonds is 3. The third kappa shape index (κ3) is 2.13. The quantitative estimate of drug-likeness (QED) is 0.677. The van der Waals surface area contributed by atoms with Crippen LogP contribution in [0.15, 0.2) is 28.7 Å². The second-order valence-corrected chi connectivity index (χ2v) is 5.90. The molecule has 0 fully saturated rings. The average molecular weight is 307 g/mol. The standard InChI is InChI=1S/C14H11ClN2O2S/c1-7(2)11-14(20-17-16-11)12(18)10-6-8-4-3-5-9(15)13(8)19-10/h3-7H,1-2H3. The Balaban J connectivity index is 2.08. The van der Waals surface area contributed by atoms with E-state index < -0.39 is 0 Å². The van der Waals surface area contributed by atoms with Gasteiger partial charge in [0.1, 0.15) is 4.88 Å². The van der Waals surface area contributed by atoms with Gasteiger partial charge < -0.3 is 4.42 Å². The van der Waals surface area contributed by atoms with Crippen molar-refractivity contribution in [2.24, 2.45) is 0 Å². The Morgan fingerprint density at radius 3 is 2.90 bits per heavy atom. The van der Waals surface area contributed by atoms with Gasteiger partial charge in [-0.15, -0.1) is 5.10 Å². The summed E-state index contributed by atoms with van der Waals surface area (Å²) >= 11 is 7.15. The van der Waals surface area contributed by atoms with E-state index in [9.17, 15) is 4.79 Å². The minimum Gasteiger partial charge on any atom is -0.451 e. The van der Waals surface area contributed by atoms with Crippen molar-refractivity contribution in [3.8, 4) is 0 Å². The Morgan fingerprint density at radius 2 is 2.20 bits per heavy atom. The molecule has 0 aliphatic heterocycles. The molecule has 0 saturated heterocycles. The lowest BCUT2D eigenvalue weighted by molar-refractivity contribution is 0.101. The summed E-state index contributed by atoms with van der Waals surface area (Å²) in [6, 6.07) is 7.11. The van der Waals surface area contributed by atoms with Crippen molar-refractivity contribution < 1.29 is 9.21 Å². The van der Waals surface area contributed by atoms with Crippen molar-refractivity contribution in [1.29, 1.82) is 0 Å². The number of hydrogen-bond acceptors (Lipinski definition) is 5. The Morgan fingerprint density at radius 1 is 1.40 bits per heavy atom. The molecule has 0 N–H and O–H groups in total. The van der Waals surface area contributed by atoms with Crippen LogP contribution in [0.5, 0.6) is 0 Å². The SMILES string of the molecule is CC(C)c1nnsc1C(=O)c1cc2cccc(Cl)c2o1. The number of hydrogen-bond donors (Lipinski definition) is 0. The molecule has 0 unspecified atom stereocenters. The van der Waals surface area contributed by atoms with Crippen LogP contribution in [0.3, 0.4) is 0 Å². The number of benzene rings is 1. The molecule has 2 heterocycles. The van der Waals surface area contributed by atoms with Gasteiger partial charge in [-0.2, -0.15) is 0 Å². The van der Waals surface area contributed by atoms with Crippen LogP contribution in [-0.2, 0) is 0 Å². The molecular weight excluding hydrogens is 296 g/mol. The summed E-state index contributed by atoms with van der Waals surface area (Å²) in [4.78, 5) is 13.0. The van der Waals surface area contributed by atoms with E-state index in [1.807, 2.05) is 26.0 Å². The molecule has 102 valence electrons. The molecule has 1 aromatic carbocycles. The molecule has 3 aromatic rings. The number of carbonyl (C=O) groups excluding carboxylic acids is 1. The number of fused-ring (bicyclic) bond motifs is 1. The van der Waals surface area contributed by atoms with Crippen molar-refractivity contribution >= 4 is 39.9 Å². The van der Waals surface area contributed by atoms with Crippen LogP contribution in [0.25, 0.3) is 11.0 Å². The number of nitrogens with zero attached hydrogens (tertiary/aromatic N) is 2. The highest BCUT2D eigenvalue weighted by Crippen LogP contribution is 2.29. The molecule has 20 heavy (non-hydrogen) atoms. The maximum atomic E-state index is 12.5. The summed E-state index contributed by atoms with van der Waals surface area (Å²) in [5.74, 6) is 0.206. The molecule has 0 amide bonds. The second-order valence-electron chi connectivity index (χ2n) is 4.74. The minimum atomic E-state index is -0.198. The molecule has 0 aliphatic rings. The van der Waals surface area contributed by atoms with Gasteiger partial charge >= 0.3 is 0 Å². The van der Waals surface area contributed by atoms with Crippen LogP contribution in [0, 0.1) is 0 Å². The van der Waals surface area contributed by atoms with Gasteiger partial charge in [-0.3, -0.25) is 4.79 Å². The number of halogens is 1. The highest BCUT2D eigenvalue weighted by Gasteiger charge is 2.23. The zero-order valence-corrected chi connectivity index (χ0v) is 12.5. The Kier molecular flexibility index (Phi) is 3.31. The van der Waals surface area contributed by atoms with Crippen LogP contribution >= 0.6 is 23.1 Å². The zero-order valence-electron chi connectivity index (χ0n) is 10.9. The normalized spacial score (nSPS) is 11.4. The van der Waals surface area contributed by atoms with Crippen molar-refractivity contribution in [1.82, 2.24) is 9.59 Å². The number of furan rings is 1. The first kappa shape index (κ1) is 13.3. The maximum Gasteiger partial charge on any atom is 0.241 e. The summed E-state index contributed by atoms with van der Waals surface area (Å²) in [6.07, 6.45) is 0. The second kappa shape index (κ2) is 5.00. The Labute approximate surface area is 124 Å². The van der Waals surface area contributed by atoms with Gasteiger partial charge in [-0.25, -0.2) is 0 Å². The average Bonchev–Trinajstić information content (AvgIpc) is 3.05. The number of para-hydroxylation sites is 1. The predicted octanol–water partition coefficient (Wildman–Crippen LogP) is 4.29. The Hall–Kier alpha value is -1.72. The van der Waals surface area contributed by atoms with Gasteiger partial charge in [0.15, 0.2) is 11.3 Å². The highest BCUT2D eigenvalue weighted by atomic mass is 35.5. The number of aromatic nitrogens is 2. The lowest BCUT2D eigenvalue weighted by Gasteiger charge is -2.00. The molecule has 0 atom stereocenters. The van der Waals surface area contributed by atoms with Crippen LogP contribution in [-0.4, -0.2) is 15.4 Å². The molecule has 0 radical (unpaired) electrons. The van der Waals surface area contributed by atoms with Gasteiger partial charge in [-0.05, 0) is 29.6 Å². The maximum absolute atomic E-state index is 12.5. The van der Waals surface area contributed by atoms with Gasteiger partial charge in [-0.1, -0.05) is 42.1 Å². The van der Waals surface area contributed by atoms with E-state index in [4.69, 9.17) is 16.0 Å². The van der Waals surface area contributed by atoms with E-state index in [1.54, 1.807) is 12.1 Å². The van der Waals surface area contributed by atoms with Gasteiger partial charge in [0.05, 0.1) is 10.7 Å². The molecule has 3 rings (SSSR count). The summed E-state index contributed by atoms with van der Waals surface area (Å²) in [6.45, 7) is 3.95. The van der Waals surface area contributed by atoms with Crippen molar-refractivity contribution in [3.63, 3.8) is 0 Å². The van der Waals surface area contributed by atoms with Crippen LogP contribution in [0.2, 0.25) is 5.02 Å². The minimum absolute atomic E-state index is 0.140. The van der Waals surface area contributed by atoms with E-state index in [-0.39, 0.29) is 17.5 Å². The van der Waals surface area contributed by atoms with Gasteiger partial charge in [0, 0.05) is 5.39 Å². The van der Waals surface area contributed by atoms with Gasteiger partial charge in [0.25, 0.3) is 0 Å². The smallest absolute Gasteiger partial charge is 0.241 e. The summed E-state index contributed by atoms with van der Waals surface area (Å²) in [5, 5.41) is 5.32. The lowest BCUT2D eigenvalue weighted by Crippen LogP contribution is -2.02. The fourth-order valence-electron chi connectivity index (χ4n) is 1.98. The van der Waals surface area contributed by atoms with E-state index in [1.165, 1.54) is 0 Å². The first-order valence-electron chi connectivity index (χ1n) is 6.13. The summed E-state index contributed by atoms with van der Waals surface area (Å²) in [7, 11) is 0. The van der Waals surface area contributed by atoms with Crippen LogP contribution in [0.1, 0.15) is 40.9 Å². The topological polar surface area (TPSA) is 56.0 Å². The fourth-order valence-corrected chi connectivity index (χ4v) is 2.97. The summed E-state index contributed by atoms with van der Waals surface area (Å²) < 4.78 is 9.45. The first-order valence-corrected chi connectivity index (χ1v) is 7.28. The molecular formula is C14H11ClN2O2S. The predicted molar refractivity (Wildman–Crippen MR) is 78.7 cm³/mol. The zero-order chi connectivity index (χ0) is 14.3. The van der Waals surface area contributed by atoms with E-state index in [0.717, 1.165) is 16.9 Å². The lowest BCUT2D eigenvalue weighted by atomic mass is 10.1. The first-order chi connectivity index (χ1) is 9.58. The van der Waals surface area contributed by atoms with Crippen LogP contribution in [0.4, 0.5) is 0 Å². The molecule has 2 aromatic heterocycles. The number of carbonyl (C=O) groups is 1. The highest BCUT2D eigenvalue weighted by molar-refractivity contribution is 7.08. The van der Waals surface area contributed by atoms with E-state index in [2.05, 4.69) is 9.59 Å². The third-order valence-electron chi connectivity index (χ3n) is 2.99. The van der Waals surface area contributed by atoms with Crippen molar-refractivity contribution in [2.75, 3.05) is 0 Å². The van der Waals surface area contributed by atoms with Crippen LogP contribution < -0.4 is 0 Å². The molecule has 4 nitrogen and oxygen atoms in total. The van der Waals surface area contributed by atoms with E-state index in [0.29, 0.717) is 21.2 Å². The Bertz CT molecular complexity index is 791.